The molecule has 0 amide bonds. The molecule has 1 aromatic rings. The third kappa shape index (κ3) is 2.36. The van der Waals surface area contributed by atoms with Crippen LogP contribution in [0.2, 0.25) is 0 Å². The molecule has 15 heavy (non-hydrogen) atoms. The van der Waals surface area contributed by atoms with E-state index in [0.29, 0.717) is 13.2 Å². The zero-order valence-corrected chi connectivity index (χ0v) is 9.72. The molecular weight excluding hydrogens is 208 g/mol. The maximum Gasteiger partial charge on any atom is 0.0575 e. The molecule has 1 saturated heterocycles. The molecule has 0 radical (unpaired) electrons. The minimum atomic E-state index is 0.00689. The Morgan fingerprint density at radius 1 is 1.40 bits per heavy atom. The molecule has 0 unspecified atom stereocenters. The maximum absolute atomic E-state index is 9.29. The minimum Gasteiger partial charge on any atom is -0.396 e. The third-order valence-electron chi connectivity index (χ3n) is 2.78. The molecule has 82 valence electrons. The molecule has 1 fully saturated rings. The highest BCUT2D eigenvalue weighted by atomic mass is 32.2. The van der Waals surface area contributed by atoms with Crippen molar-refractivity contribution in [1.82, 2.24) is 0 Å². The van der Waals surface area contributed by atoms with Crippen LogP contribution in [-0.2, 0) is 4.74 Å². The average Bonchev–Trinajstić information content (AvgIpc) is 2.19. The van der Waals surface area contributed by atoms with Crippen LogP contribution in [-0.4, -0.2) is 30.7 Å². The largest absolute Gasteiger partial charge is 0.396 e. The normalized spacial score (nSPS) is 18.5. The number of benzene rings is 1. The molecule has 1 N–H and O–H groups in total. The van der Waals surface area contributed by atoms with Crippen LogP contribution < -0.4 is 0 Å². The van der Waals surface area contributed by atoms with Gasteiger partial charge >= 0.3 is 0 Å². The summed E-state index contributed by atoms with van der Waals surface area (Å²) in [5, 5.41) is 9.29. The second-order valence-electron chi connectivity index (χ2n) is 4.21. The molecule has 3 heteroatoms. The number of rotatable bonds is 4. The smallest absolute Gasteiger partial charge is 0.0575 e. The monoisotopic (exact) mass is 224 g/mol. The van der Waals surface area contributed by atoms with E-state index in [4.69, 9.17) is 4.74 Å². The van der Waals surface area contributed by atoms with Gasteiger partial charge in [0, 0.05) is 16.1 Å². The Hall–Kier alpha value is -0.510. The third-order valence-corrected chi connectivity index (χ3v) is 4.31. The van der Waals surface area contributed by atoms with E-state index in [1.807, 2.05) is 17.8 Å². The first-order chi connectivity index (χ1) is 7.26. The lowest BCUT2D eigenvalue weighted by Gasteiger charge is -2.39. The number of ether oxygens (including phenoxy) is 1. The number of hydrogen-bond acceptors (Lipinski definition) is 3. The fourth-order valence-corrected chi connectivity index (χ4v) is 2.75. The highest BCUT2D eigenvalue weighted by molar-refractivity contribution is 7.99. The molecule has 1 heterocycles. The Balaban J connectivity index is 1.95. The Bertz CT molecular complexity index is 329. The number of aryl methyl sites for hydroxylation is 1. The minimum absolute atomic E-state index is 0.00689. The molecule has 0 saturated carbocycles. The van der Waals surface area contributed by atoms with Crippen molar-refractivity contribution in [2.24, 2.45) is 5.41 Å². The standard InChI is InChI=1S/C12H16O2S/c1-10-4-2-3-5-11(10)15-9-12(6-13)7-14-8-12/h2-5,13H,6-9H2,1H3. The molecule has 1 aromatic carbocycles. The van der Waals surface area contributed by atoms with E-state index < -0.39 is 0 Å². The SMILES string of the molecule is Cc1ccccc1SCC1(CO)COC1. The van der Waals surface area contributed by atoms with Crippen LogP contribution in [0.4, 0.5) is 0 Å². The average molecular weight is 224 g/mol. The first-order valence-corrected chi connectivity index (χ1v) is 6.11. The predicted octanol–water partition coefficient (Wildman–Crippen LogP) is 2.10. The van der Waals surface area contributed by atoms with Gasteiger partial charge in [0.05, 0.1) is 19.8 Å². The van der Waals surface area contributed by atoms with Crippen molar-refractivity contribution in [3.05, 3.63) is 29.8 Å². The zero-order chi connectivity index (χ0) is 10.7. The first kappa shape index (κ1) is 11.0. The van der Waals surface area contributed by atoms with Crippen LogP contribution in [0.1, 0.15) is 5.56 Å². The topological polar surface area (TPSA) is 29.5 Å². The second-order valence-corrected chi connectivity index (χ2v) is 5.22. The summed E-state index contributed by atoms with van der Waals surface area (Å²) >= 11 is 1.81. The second kappa shape index (κ2) is 4.56. The highest BCUT2D eigenvalue weighted by Crippen LogP contribution is 2.34. The predicted molar refractivity (Wildman–Crippen MR) is 62.2 cm³/mol. The van der Waals surface area contributed by atoms with E-state index in [0.717, 1.165) is 5.75 Å². The molecule has 1 aliphatic rings. The molecule has 0 atom stereocenters. The summed E-state index contributed by atoms with van der Waals surface area (Å²) in [7, 11) is 0. The number of thioether (sulfide) groups is 1. The van der Waals surface area contributed by atoms with Gasteiger partial charge in [-0.05, 0) is 18.6 Å². The Labute approximate surface area is 94.6 Å². The summed E-state index contributed by atoms with van der Waals surface area (Å²) in [5.41, 5.74) is 1.31. The lowest BCUT2D eigenvalue weighted by Crippen LogP contribution is -2.47. The van der Waals surface area contributed by atoms with Crippen molar-refractivity contribution in [2.45, 2.75) is 11.8 Å². The van der Waals surface area contributed by atoms with Gasteiger partial charge in [-0.2, -0.15) is 0 Å². The van der Waals surface area contributed by atoms with Crippen molar-refractivity contribution in [3.63, 3.8) is 0 Å². The van der Waals surface area contributed by atoms with Crippen LogP contribution in [0.15, 0.2) is 29.2 Å². The van der Waals surface area contributed by atoms with Gasteiger partial charge in [-0.1, -0.05) is 18.2 Å². The Kier molecular flexibility index (Phi) is 3.34. The summed E-state index contributed by atoms with van der Waals surface area (Å²) in [6.07, 6.45) is 0. The van der Waals surface area contributed by atoms with Crippen LogP contribution in [0.5, 0.6) is 0 Å². The van der Waals surface area contributed by atoms with Gasteiger partial charge in [0.15, 0.2) is 0 Å². The fourth-order valence-electron chi connectivity index (χ4n) is 1.56. The van der Waals surface area contributed by atoms with Gasteiger partial charge in [-0.25, -0.2) is 0 Å². The van der Waals surface area contributed by atoms with Crippen LogP contribution >= 0.6 is 11.8 Å². The van der Waals surface area contributed by atoms with E-state index in [2.05, 4.69) is 25.1 Å². The van der Waals surface area contributed by atoms with Gasteiger partial charge in [0.25, 0.3) is 0 Å². The van der Waals surface area contributed by atoms with E-state index in [1.165, 1.54) is 10.5 Å². The first-order valence-electron chi connectivity index (χ1n) is 5.13. The Morgan fingerprint density at radius 3 is 2.67 bits per heavy atom. The van der Waals surface area contributed by atoms with Gasteiger partial charge in [0.2, 0.25) is 0 Å². The lowest BCUT2D eigenvalue weighted by atomic mass is 9.90. The number of hydrogen-bond donors (Lipinski definition) is 1. The maximum atomic E-state index is 9.29. The summed E-state index contributed by atoms with van der Waals surface area (Å²) < 4.78 is 5.17. The van der Waals surface area contributed by atoms with Crippen LogP contribution in [0.25, 0.3) is 0 Å². The molecule has 0 aliphatic carbocycles. The van der Waals surface area contributed by atoms with E-state index >= 15 is 0 Å². The quantitative estimate of drug-likeness (QED) is 0.794. The van der Waals surface area contributed by atoms with Crippen molar-refractivity contribution in [2.75, 3.05) is 25.6 Å². The van der Waals surface area contributed by atoms with Crippen LogP contribution in [0, 0.1) is 12.3 Å². The Morgan fingerprint density at radius 2 is 2.13 bits per heavy atom. The summed E-state index contributed by atoms with van der Waals surface area (Å²) in [5.74, 6) is 0.939. The van der Waals surface area contributed by atoms with Crippen molar-refractivity contribution in [3.8, 4) is 0 Å². The van der Waals surface area contributed by atoms with E-state index in [-0.39, 0.29) is 12.0 Å². The van der Waals surface area contributed by atoms with Gasteiger partial charge < -0.3 is 9.84 Å². The molecular formula is C12H16O2S. The fraction of sp³-hybridized carbons (Fsp3) is 0.500. The number of aliphatic hydroxyl groups is 1. The van der Waals surface area contributed by atoms with Crippen molar-refractivity contribution in [1.29, 1.82) is 0 Å². The number of aliphatic hydroxyl groups excluding tert-OH is 1. The zero-order valence-electron chi connectivity index (χ0n) is 8.90. The summed E-state index contributed by atoms with van der Waals surface area (Å²) in [4.78, 5) is 1.30. The van der Waals surface area contributed by atoms with E-state index in [9.17, 15) is 5.11 Å². The van der Waals surface area contributed by atoms with Crippen molar-refractivity contribution < 1.29 is 9.84 Å². The highest BCUT2D eigenvalue weighted by Gasteiger charge is 2.37. The molecule has 0 bridgehead atoms. The van der Waals surface area contributed by atoms with Crippen molar-refractivity contribution >= 4 is 11.8 Å². The molecule has 0 spiro atoms. The summed E-state index contributed by atoms with van der Waals surface area (Å²) in [6.45, 7) is 3.74. The summed E-state index contributed by atoms with van der Waals surface area (Å²) in [6, 6.07) is 8.35. The lowest BCUT2D eigenvalue weighted by molar-refractivity contribution is -0.121. The molecule has 0 aromatic heterocycles. The van der Waals surface area contributed by atoms with Gasteiger partial charge in [-0.15, -0.1) is 11.8 Å². The van der Waals surface area contributed by atoms with E-state index in [1.54, 1.807) is 0 Å². The van der Waals surface area contributed by atoms with Gasteiger partial charge in [0.1, 0.15) is 0 Å². The van der Waals surface area contributed by atoms with Crippen LogP contribution in [0.3, 0.4) is 0 Å². The molecule has 2 nitrogen and oxygen atoms in total. The molecule has 1 aliphatic heterocycles. The van der Waals surface area contributed by atoms with Gasteiger partial charge in [-0.3, -0.25) is 0 Å². The molecule has 2 rings (SSSR count).